The Hall–Kier alpha value is -2.92. The molecule has 2 aromatic carbocycles. The lowest BCUT2D eigenvalue weighted by atomic mass is 9.95. The predicted octanol–water partition coefficient (Wildman–Crippen LogP) is 4.12. The Labute approximate surface area is 229 Å². The highest BCUT2D eigenvalue weighted by Crippen LogP contribution is 2.39. The van der Waals surface area contributed by atoms with Crippen LogP contribution >= 0.6 is 11.6 Å². The Bertz CT molecular complexity index is 1370. The van der Waals surface area contributed by atoms with Crippen molar-refractivity contribution < 1.29 is 32.6 Å². The van der Waals surface area contributed by atoms with Gasteiger partial charge in [-0.3, -0.25) is 9.69 Å². The first-order chi connectivity index (χ1) is 18.7. The van der Waals surface area contributed by atoms with Gasteiger partial charge < -0.3 is 30.0 Å². The number of carbonyl (C=O) groups is 1. The van der Waals surface area contributed by atoms with Crippen LogP contribution < -0.4 is 20.5 Å². The first-order valence-corrected chi connectivity index (χ1v) is 13.5. The fraction of sp³-hybridized carbons (Fsp3) is 0.464. The number of carbonyl (C=O) groups excluding carboxylic acids is 1. The van der Waals surface area contributed by atoms with Crippen molar-refractivity contribution >= 4 is 28.5 Å². The van der Waals surface area contributed by atoms with Gasteiger partial charge in [-0.05, 0) is 67.6 Å². The third-order valence-corrected chi connectivity index (χ3v) is 8.24. The number of aliphatic hydroxyl groups excluding tert-OH is 1. The summed E-state index contributed by atoms with van der Waals surface area (Å²) < 4.78 is 47.4. The predicted molar refractivity (Wildman–Crippen MR) is 140 cm³/mol. The van der Waals surface area contributed by atoms with Crippen molar-refractivity contribution in [3.8, 4) is 11.5 Å². The number of amides is 1. The molecule has 3 aliphatic heterocycles. The largest absolute Gasteiger partial charge is 0.486 e. The average Bonchev–Trinajstić information content (AvgIpc) is 3.45. The van der Waals surface area contributed by atoms with Crippen LogP contribution in [0, 0.1) is 0 Å². The molecule has 39 heavy (non-hydrogen) atoms. The number of rotatable bonds is 7. The number of nitrogens with zero attached hydrogens (tertiary/aromatic N) is 1. The van der Waals surface area contributed by atoms with Gasteiger partial charge in [-0.2, -0.15) is 8.78 Å². The second-order valence-electron chi connectivity index (χ2n) is 10.6. The van der Waals surface area contributed by atoms with E-state index in [9.17, 15) is 9.90 Å². The molecule has 4 heterocycles. The standard InChI is InChI=1S/C28H30ClF2N3O5/c29-17-2-6-22-16(9-17)11-25(39-22)28(30,31)27(36)33-21(14-34-19-3-4-20(34)13-18(32)12-19)26(35)15-1-5-23-24(10-15)38-8-7-37-23/h1-2,5-6,9-11,18-21,26,35H,3-4,7-8,12-14,32H2,(H,33,36)/t18?,19-,20?,21-,26-/m1/s1. The molecule has 0 radical (unpaired) electrons. The number of piperidine rings is 1. The molecule has 1 aromatic heterocycles. The molecule has 0 aliphatic carbocycles. The van der Waals surface area contributed by atoms with Crippen LogP contribution in [-0.4, -0.2) is 59.8 Å². The van der Waals surface area contributed by atoms with Crippen LogP contribution in [0.15, 0.2) is 46.9 Å². The van der Waals surface area contributed by atoms with Crippen molar-refractivity contribution in [3.63, 3.8) is 0 Å². The third kappa shape index (κ3) is 5.06. The van der Waals surface area contributed by atoms with Crippen molar-refractivity contribution in [2.45, 2.75) is 61.9 Å². The molecular formula is C28H30ClF2N3O5. The number of halogens is 3. The van der Waals surface area contributed by atoms with Gasteiger partial charge in [0, 0.05) is 35.1 Å². The van der Waals surface area contributed by atoms with E-state index in [2.05, 4.69) is 10.2 Å². The molecule has 4 N–H and O–H groups in total. The van der Waals surface area contributed by atoms with Crippen molar-refractivity contribution in [2.75, 3.05) is 19.8 Å². The Morgan fingerprint density at radius 2 is 1.82 bits per heavy atom. The summed E-state index contributed by atoms with van der Waals surface area (Å²) in [5.41, 5.74) is 6.83. The molecule has 0 spiro atoms. The number of hydrogen-bond acceptors (Lipinski definition) is 7. The lowest BCUT2D eigenvalue weighted by Crippen LogP contribution is -2.56. The third-order valence-electron chi connectivity index (χ3n) is 8.01. The Morgan fingerprint density at radius 3 is 2.56 bits per heavy atom. The van der Waals surface area contributed by atoms with Crippen molar-refractivity contribution in [3.05, 3.63) is 58.8 Å². The van der Waals surface area contributed by atoms with Crippen LogP contribution in [0.4, 0.5) is 8.78 Å². The number of furan rings is 1. The highest BCUT2D eigenvalue weighted by molar-refractivity contribution is 6.31. The summed E-state index contributed by atoms with van der Waals surface area (Å²) in [5, 5.41) is 14.6. The van der Waals surface area contributed by atoms with E-state index >= 15 is 8.78 Å². The highest BCUT2D eigenvalue weighted by atomic mass is 35.5. The summed E-state index contributed by atoms with van der Waals surface area (Å²) in [6.45, 7) is 0.963. The number of ether oxygens (including phenoxy) is 2. The number of nitrogens with two attached hydrogens (primary N) is 1. The van der Waals surface area contributed by atoms with Gasteiger partial charge >= 0.3 is 5.92 Å². The van der Waals surface area contributed by atoms with Crippen molar-refractivity contribution in [1.82, 2.24) is 10.2 Å². The number of benzene rings is 2. The van der Waals surface area contributed by atoms with Gasteiger partial charge in [0.2, 0.25) is 0 Å². The van der Waals surface area contributed by atoms with Gasteiger partial charge in [0.05, 0.1) is 6.04 Å². The van der Waals surface area contributed by atoms with Crippen LogP contribution in [0.5, 0.6) is 11.5 Å². The van der Waals surface area contributed by atoms with E-state index in [-0.39, 0.29) is 30.3 Å². The Balaban J connectivity index is 1.28. The van der Waals surface area contributed by atoms with Crippen LogP contribution in [0.25, 0.3) is 11.0 Å². The van der Waals surface area contributed by atoms with Gasteiger partial charge in [-0.25, -0.2) is 0 Å². The molecule has 2 unspecified atom stereocenters. The van der Waals surface area contributed by atoms with Crippen LogP contribution in [0.1, 0.15) is 43.1 Å². The molecule has 208 valence electrons. The fourth-order valence-electron chi connectivity index (χ4n) is 6.08. The number of alkyl halides is 2. The van der Waals surface area contributed by atoms with E-state index in [0.717, 1.165) is 31.7 Å². The van der Waals surface area contributed by atoms with Crippen molar-refractivity contribution in [1.29, 1.82) is 0 Å². The quantitative estimate of drug-likeness (QED) is 0.398. The molecule has 3 aliphatic rings. The maximum absolute atomic E-state index is 15.4. The summed E-state index contributed by atoms with van der Waals surface area (Å²) in [7, 11) is 0. The summed E-state index contributed by atoms with van der Waals surface area (Å²) in [6.07, 6.45) is 2.17. The first kappa shape index (κ1) is 26.3. The first-order valence-electron chi connectivity index (χ1n) is 13.2. The summed E-state index contributed by atoms with van der Waals surface area (Å²) in [6, 6.07) is 9.93. The topological polar surface area (TPSA) is 110 Å². The lowest BCUT2D eigenvalue weighted by Gasteiger charge is -2.40. The molecule has 1 amide bonds. The van der Waals surface area contributed by atoms with Crippen LogP contribution in [0.3, 0.4) is 0 Å². The second-order valence-corrected chi connectivity index (χ2v) is 11.0. The molecule has 8 nitrogen and oxygen atoms in total. The number of nitrogens with one attached hydrogen (secondary N) is 1. The SMILES string of the molecule is NC1CC2CC[C@H](C1)N2C[C@@H](NC(=O)C(F)(F)c1cc2cc(Cl)ccc2o1)[C@H](O)c1ccc2c(c1)OCCO2. The Morgan fingerprint density at radius 1 is 1.10 bits per heavy atom. The minimum Gasteiger partial charge on any atom is -0.486 e. The zero-order valence-corrected chi connectivity index (χ0v) is 21.9. The van der Waals surface area contributed by atoms with E-state index in [1.165, 1.54) is 18.2 Å². The zero-order valence-electron chi connectivity index (χ0n) is 21.1. The van der Waals surface area contributed by atoms with Gasteiger partial charge in [0.1, 0.15) is 24.9 Å². The zero-order chi connectivity index (χ0) is 27.3. The van der Waals surface area contributed by atoms with Crippen LogP contribution in [0.2, 0.25) is 5.02 Å². The Kier molecular flexibility index (Phi) is 6.91. The van der Waals surface area contributed by atoms with E-state index in [0.29, 0.717) is 40.7 Å². The maximum atomic E-state index is 15.4. The summed E-state index contributed by atoms with van der Waals surface area (Å²) >= 11 is 5.98. The van der Waals surface area contributed by atoms with E-state index in [1.807, 2.05) is 0 Å². The van der Waals surface area contributed by atoms with Crippen molar-refractivity contribution in [2.24, 2.45) is 5.73 Å². The van der Waals surface area contributed by atoms with Crippen LogP contribution in [-0.2, 0) is 10.7 Å². The van der Waals surface area contributed by atoms with E-state index in [1.54, 1.807) is 18.2 Å². The molecule has 2 fully saturated rings. The van der Waals surface area contributed by atoms with E-state index in [4.69, 9.17) is 31.2 Å². The number of hydrogen-bond donors (Lipinski definition) is 3. The monoisotopic (exact) mass is 561 g/mol. The fourth-order valence-corrected chi connectivity index (χ4v) is 6.26. The molecule has 0 saturated carbocycles. The summed E-state index contributed by atoms with van der Waals surface area (Å²) in [4.78, 5) is 15.3. The molecular weight excluding hydrogens is 532 g/mol. The minimum atomic E-state index is -3.99. The number of aliphatic hydroxyl groups is 1. The molecule has 11 heteroatoms. The van der Waals surface area contributed by atoms with Gasteiger partial charge in [-0.15, -0.1) is 0 Å². The lowest BCUT2D eigenvalue weighted by molar-refractivity contribution is -0.151. The second kappa shape index (κ2) is 10.2. The number of fused-ring (bicyclic) bond motifs is 4. The molecule has 2 saturated heterocycles. The molecule has 2 bridgehead atoms. The van der Waals surface area contributed by atoms with Gasteiger partial charge in [0.15, 0.2) is 17.3 Å². The summed E-state index contributed by atoms with van der Waals surface area (Å²) in [5.74, 6) is -5.35. The molecule has 5 atom stereocenters. The smallest absolute Gasteiger partial charge is 0.380 e. The van der Waals surface area contributed by atoms with E-state index < -0.39 is 29.7 Å². The minimum absolute atomic E-state index is 0.0837. The highest BCUT2D eigenvalue weighted by Gasteiger charge is 2.47. The van der Waals surface area contributed by atoms with Gasteiger partial charge in [0.25, 0.3) is 5.91 Å². The van der Waals surface area contributed by atoms with Gasteiger partial charge in [-0.1, -0.05) is 17.7 Å². The average molecular weight is 562 g/mol. The normalized spacial score (nSPS) is 24.5. The molecule has 3 aromatic rings. The maximum Gasteiger partial charge on any atom is 0.380 e. The molecule has 6 rings (SSSR count).